The monoisotopic (exact) mass is 424 g/mol. The molecule has 0 N–H and O–H groups in total. The average molecular weight is 427 g/mol. The molecule has 2 atom stereocenters. The molecule has 1 rings (SSSR count). The Morgan fingerprint density at radius 3 is 2.27 bits per heavy atom. The summed E-state index contributed by atoms with van der Waals surface area (Å²) in [5.41, 5.74) is 0.862. The predicted molar refractivity (Wildman–Crippen MR) is 71.2 cm³/mol. The second kappa shape index (κ2) is 5.10. The number of hydrogen-bond acceptors (Lipinski definition) is 1. The smallest absolute Gasteiger partial charge is 0.207 e. The molecule has 0 radical (unpaired) electrons. The van der Waals surface area contributed by atoms with Gasteiger partial charge in [0.15, 0.2) is 0 Å². The number of alkyl halides is 3. The van der Waals surface area contributed by atoms with Gasteiger partial charge in [0.1, 0.15) is 0 Å². The van der Waals surface area contributed by atoms with Crippen molar-refractivity contribution in [2.75, 3.05) is 0 Å². The Bertz CT molecular complexity index is 346. The molecule has 0 saturated carbocycles. The molecule has 0 aliphatic rings. The lowest BCUT2D eigenvalue weighted by Crippen LogP contribution is -2.25. The van der Waals surface area contributed by atoms with Gasteiger partial charge in [0.25, 0.3) is 0 Å². The Labute approximate surface area is 117 Å². The molecule has 0 bridgehead atoms. The molecule has 0 nitrogen and oxygen atoms in total. The van der Waals surface area contributed by atoms with Gasteiger partial charge in [-0.05, 0) is 50.4 Å². The van der Waals surface area contributed by atoms with Crippen LogP contribution in [0.1, 0.15) is 24.2 Å². The van der Waals surface area contributed by atoms with Gasteiger partial charge < -0.3 is 0 Å². The highest BCUT2D eigenvalue weighted by Gasteiger charge is 2.36. The van der Waals surface area contributed by atoms with E-state index in [0.29, 0.717) is 0 Å². The van der Waals surface area contributed by atoms with Crippen LogP contribution in [-0.2, 0) is 0 Å². The third-order valence-corrected chi connectivity index (χ3v) is 5.89. The van der Waals surface area contributed by atoms with Gasteiger partial charge in [-0.15, -0.1) is 11.3 Å². The number of thiophene rings is 1. The first-order valence-corrected chi connectivity index (χ1v) is 7.52. The van der Waals surface area contributed by atoms with Crippen LogP contribution in [0.15, 0.2) is 13.6 Å². The van der Waals surface area contributed by atoms with E-state index in [-0.39, 0.29) is 4.83 Å². The molecule has 15 heavy (non-hydrogen) atoms. The van der Waals surface area contributed by atoms with Gasteiger partial charge in [-0.3, -0.25) is 0 Å². The van der Waals surface area contributed by atoms with E-state index >= 15 is 0 Å². The van der Waals surface area contributed by atoms with Gasteiger partial charge in [0.2, 0.25) is 5.92 Å². The van der Waals surface area contributed by atoms with Gasteiger partial charge in [0.05, 0.1) is 7.57 Å². The first kappa shape index (κ1) is 14.1. The molecular weight excluding hydrogens is 418 g/mol. The third kappa shape index (κ3) is 3.48. The predicted octanol–water partition coefficient (Wildman–Crippen LogP) is 6.00. The lowest BCUT2D eigenvalue weighted by atomic mass is 9.97. The highest BCUT2D eigenvalue weighted by Crippen LogP contribution is 2.45. The van der Waals surface area contributed by atoms with Crippen LogP contribution in [0.2, 0.25) is 0 Å². The molecule has 0 aliphatic heterocycles. The fourth-order valence-electron chi connectivity index (χ4n) is 1.07. The van der Waals surface area contributed by atoms with E-state index in [9.17, 15) is 8.78 Å². The van der Waals surface area contributed by atoms with Crippen LogP contribution in [-0.4, -0.2) is 5.92 Å². The zero-order valence-electron chi connectivity index (χ0n) is 8.03. The zero-order valence-corrected chi connectivity index (χ0v) is 13.6. The molecule has 86 valence electrons. The molecule has 2 unspecified atom stereocenters. The number of rotatable bonds is 3. The lowest BCUT2D eigenvalue weighted by Gasteiger charge is -2.24. The van der Waals surface area contributed by atoms with E-state index in [1.807, 2.05) is 6.07 Å². The maximum absolute atomic E-state index is 13.1. The van der Waals surface area contributed by atoms with Gasteiger partial charge in [-0.1, -0.05) is 22.9 Å². The van der Waals surface area contributed by atoms with Crippen molar-refractivity contribution in [3.8, 4) is 0 Å². The number of hydrogen-bond donors (Lipinski definition) is 0. The van der Waals surface area contributed by atoms with Crippen LogP contribution in [0.3, 0.4) is 0 Å². The summed E-state index contributed by atoms with van der Waals surface area (Å²) in [4.78, 5) is -0.352. The molecule has 0 fully saturated rings. The molecule has 1 aromatic heterocycles. The van der Waals surface area contributed by atoms with Crippen molar-refractivity contribution in [3.05, 3.63) is 19.2 Å². The minimum absolute atomic E-state index is 0.352. The molecule has 0 amide bonds. The minimum Gasteiger partial charge on any atom is -0.207 e. The van der Waals surface area contributed by atoms with Crippen molar-refractivity contribution in [1.82, 2.24) is 0 Å². The van der Waals surface area contributed by atoms with Gasteiger partial charge in [-0.25, -0.2) is 8.78 Å². The van der Waals surface area contributed by atoms with Crippen LogP contribution in [0.25, 0.3) is 0 Å². The van der Waals surface area contributed by atoms with Crippen molar-refractivity contribution in [1.29, 1.82) is 0 Å². The average Bonchev–Trinajstić information content (AvgIpc) is 2.41. The molecule has 6 heteroatoms. The maximum Gasteiger partial charge on any atom is 0.249 e. The Morgan fingerprint density at radius 1 is 1.40 bits per heavy atom. The van der Waals surface area contributed by atoms with Gasteiger partial charge in [-0.2, -0.15) is 0 Å². The van der Waals surface area contributed by atoms with Crippen LogP contribution in [0, 0.1) is 5.92 Å². The molecule has 0 aliphatic carbocycles. The van der Waals surface area contributed by atoms with Crippen molar-refractivity contribution in [2.45, 2.75) is 24.6 Å². The van der Waals surface area contributed by atoms with E-state index in [2.05, 4.69) is 47.8 Å². The highest BCUT2D eigenvalue weighted by atomic mass is 79.9. The summed E-state index contributed by atoms with van der Waals surface area (Å²) < 4.78 is 28.1. The highest BCUT2D eigenvalue weighted by molar-refractivity contribution is 9.12. The molecule has 1 aromatic rings. The topological polar surface area (TPSA) is 0 Å². The zero-order chi connectivity index (χ0) is 11.8. The minimum atomic E-state index is -2.69. The quantitative estimate of drug-likeness (QED) is 0.520. The lowest BCUT2D eigenvalue weighted by molar-refractivity contribution is -0.0324. The van der Waals surface area contributed by atoms with E-state index in [1.54, 1.807) is 0 Å². The summed E-state index contributed by atoms with van der Waals surface area (Å²) in [6.07, 6.45) is 0. The molecule has 0 saturated heterocycles. The Kier molecular flexibility index (Phi) is 4.79. The fourth-order valence-corrected chi connectivity index (χ4v) is 5.28. The van der Waals surface area contributed by atoms with Crippen LogP contribution in [0.5, 0.6) is 0 Å². The molecule has 0 spiro atoms. The van der Waals surface area contributed by atoms with Gasteiger partial charge in [0, 0.05) is 10.7 Å². The third-order valence-electron chi connectivity index (χ3n) is 2.22. The van der Waals surface area contributed by atoms with Crippen LogP contribution < -0.4 is 0 Å². The van der Waals surface area contributed by atoms with Crippen LogP contribution in [0.4, 0.5) is 8.78 Å². The Hall–Kier alpha value is 1.000. The van der Waals surface area contributed by atoms with E-state index in [1.165, 1.54) is 18.3 Å². The second-order valence-electron chi connectivity index (χ2n) is 3.43. The first-order chi connectivity index (χ1) is 6.73. The number of halogens is 5. The van der Waals surface area contributed by atoms with Crippen LogP contribution >= 0.6 is 59.1 Å². The van der Waals surface area contributed by atoms with Crippen molar-refractivity contribution in [2.24, 2.45) is 5.92 Å². The van der Waals surface area contributed by atoms with Crippen molar-refractivity contribution in [3.63, 3.8) is 0 Å². The summed E-state index contributed by atoms with van der Waals surface area (Å²) in [6.45, 7) is 2.48. The van der Waals surface area contributed by atoms with Gasteiger partial charge >= 0.3 is 0 Å². The standard InChI is InChI=1S/C9H9Br3F2S/c1-4(9(2,13)14)7(11)5-3-6(10)15-8(5)12/h3-4,7H,1-2H3. The second-order valence-corrected chi connectivity index (χ2v) is 8.16. The van der Waals surface area contributed by atoms with E-state index < -0.39 is 11.8 Å². The van der Waals surface area contributed by atoms with E-state index in [4.69, 9.17) is 0 Å². The SMILES string of the molecule is CC(C(Br)c1cc(Br)sc1Br)C(C)(F)F. The Balaban J connectivity index is 2.94. The summed E-state index contributed by atoms with van der Waals surface area (Å²) in [5, 5.41) is 0. The normalized spacial score (nSPS) is 16.5. The Morgan fingerprint density at radius 2 is 1.93 bits per heavy atom. The molecule has 1 heterocycles. The summed E-state index contributed by atoms with van der Waals surface area (Å²) in [6, 6.07) is 1.86. The summed E-state index contributed by atoms with van der Waals surface area (Å²) in [7, 11) is 0. The summed E-state index contributed by atoms with van der Waals surface area (Å²) >= 11 is 11.5. The van der Waals surface area contributed by atoms with E-state index in [0.717, 1.165) is 20.1 Å². The largest absolute Gasteiger partial charge is 0.249 e. The molecular formula is C9H9Br3F2S. The van der Waals surface area contributed by atoms with Crippen molar-refractivity contribution < 1.29 is 8.78 Å². The first-order valence-electron chi connectivity index (χ1n) is 4.20. The maximum atomic E-state index is 13.1. The van der Waals surface area contributed by atoms with Crippen molar-refractivity contribution >= 4 is 59.1 Å². The fraction of sp³-hybridized carbons (Fsp3) is 0.556. The summed E-state index contributed by atoms with van der Waals surface area (Å²) in [5.74, 6) is -3.45. The molecule has 0 aromatic carbocycles.